The van der Waals surface area contributed by atoms with Crippen LogP contribution in [0.3, 0.4) is 0 Å². The van der Waals surface area contributed by atoms with Gasteiger partial charge >= 0.3 is 5.97 Å². The van der Waals surface area contributed by atoms with Crippen molar-refractivity contribution < 1.29 is 18.3 Å². The van der Waals surface area contributed by atoms with Crippen LogP contribution in [0.5, 0.6) is 0 Å². The van der Waals surface area contributed by atoms with Gasteiger partial charge in [-0.1, -0.05) is 43.3 Å². The molecule has 0 radical (unpaired) electrons. The smallest absolute Gasteiger partial charge is 0.351 e. The van der Waals surface area contributed by atoms with Crippen molar-refractivity contribution in [1.29, 1.82) is 0 Å². The van der Waals surface area contributed by atoms with Crippen molar-refractivity contribution in [3.8, 4) is 22.3 Å². The van der Waals surface area contributed by atoms with Gasteiger partial charge in [0.1, 0.15) is 5.69 Å². The monoisotopic (exact) mass is 451 g/mol. The van der Waals surface area contributed by atoms with Crippen LogP contribution < -0.4 is 4.72 Å². The third-order valence-electron chi connectivity index (χ3n) is 5.39. The number of nitrogens with one attached hydrogen (secondary N) is 1. The number of carboxylic acid groups (broad SMARTS) is 1. The molecule has 2 aromatic carbocycles. The van der Waals surface area contributed by atoms with Gasteiger partial charge in [-0.2, -0.15) is 0 Å². The van der Waals surface area contributed by atoms with Crippen molar-refractivity contribution in [2.24, 2.45) is 7.05 Å². The van der Waals surface area contributed by atoms with E-state index in [1.165, 1.54) is 0 Å². The number of rotatable bonds is 7. The van der Waals surface area contributed by atoms with Crippen LogP contribution in [0.15, 0.2) is 48.5 Å². The van der Waals surface area contributed by atoms with E-state index < -0.39 is 21.2 Å². The van der Waals surface area contributed by atoms with Gasteiger partial charge in [-0.25, -0.2) is 18.1 Å². The largest absolute Gasteiger partial charge is 0.477 e. The highest BCUT2D eigenvalue weighted by atomic mass is 32.2. The zero-order valence-electron chi connectivity index (χ0n) is 18.4. The predicted octanol–water partition coefficient (Wildman–Crippen LogP) is 5.32. The molecule has 0 saturated heterocycles. The van der Waals surface area contributed by atoms with Gasteiger partial charge in [0.2, 0.25) is 15.7 Å². The summed E-state index contributed by atoms with van der Waals surface area (Å²) < 4.78 is 28.5. The summed E-state index contributed by atoms with van der Waals surface area (Å²) in [6, 6.07) is 14.3. The molecule has 1 heterocycles. The fourth-order valence-electron chi connectivity index (χ4n) is 3.64. The Kier molecular flexibility index (Phi) is 6.42. The Labute approximate surface area is 188 Å². The Bertz CT molecular complexity index is 1310. The van der Waals surface area contributed by atoms with Gasteiger partial charge in [-0.3, -0.25) is 4.72 Å². The minimum atomic E-state index is -3.45. The van der Waals surface area contributed by atoms with E-state index in [0.29, 0.717) is 34.6 Å². The topological polar surface area (TPSA) is 92.8 Å². The molecule has 0 saturated carbocycles. The summed E-state index contributed by atoms with van der Waals surface area (Å²) in [6.07, 6.45) is 0.547. The van der Waals surface area contributed by atoms with Crippen LogP contribution in [0.1, 0.15) is 37.0 Å². The highest BCUT2D eigenvalue weighted by Gasteiger charge is 2.25. The normalized spacial score (nSPS) is 11.4. The molecule has 7 nitrogen and oxygen atoms in total. The number of aromatic nitrogens is 1. The minimum Gasteiger partial charge on any atom is -0.477 e. The molecular formula is C24H25N3O4S. The van der Waals surface area contributed by atoms with Gasteiger partial charge in [0.15, 0.2) is 0 Å². The number of benzene rings is 2. The molecule has 32 heavy (non-hydrogen) atoms. The second kappa shape index (κ2) is 8.89. The zero-order valence-corrected chi connectivity index (χ0v) is 19.2. The average Bonchev–Trinajstić information content (AvgIpc) is 3.05. The minimum absolute atomic E-state index is 0.0886. The Hall–Kier alpha value is -3.57. The molecule has 0 aliphatic heterocycles. The molecule has 0 atom stereocenters. The lowest BCUT2D eigenvalue weighted by Gasteiger charge is -2.12. The van der Waals surface area contributed by atoms with Crippen LogP contribution in [0.2, 0.25) is 0 Å². The third-order valence-corrected chi connectivity index (χ3v) is 7.15. The highest BCUT2D eigenvalue weighted by Crippen LogP contribution is 2.40. The van der Waals surface area contributed by atoms with Crippen molar-refractivity contribution in [1.82, 2.24) is 4.57 Å². The number of nitrogens with zero attached hydrogens (tertiary/aromatic N) is 2. The fraction of sp³-hybridized carbons (Fsp3) is 0.250. The summed E-state index contributed by atoms with van der Waals surface area (Å²) in [5.41, 5.74) is 4.30. The molecule has 0 bridgehead atoms. The Morgan fingerprint density at radius 2 is 1.75 bits per heavy atom. The van der Waals surface area contributed by atoms with E-state index in [1.54, 1.807) is 55.8 Å². The molecule has 0 aliphatic carbocycles. The van der Waals surface area contributed by atoms with Gasteiger partial charge in [-0.15, -0.1) is 0 Å². The quantitative estimate of drug-likeness (QED) is 0.476. The Balaban J connectivity index is 2.03. The second-order valence-electron chi connectivity index (χ2n) is 7.70. The molecule has 3 rings (SSSR count). The van der Waals surface area contributed by atoms with Gasteiger partial charge < -0.3 is 9.67 Å². The maximum Gasteiger partial charge on any atom is 0.351 e. The van der Waals surface area contributed by atoms with E-state index in [0.717, 1.165) is 11.1 Å². The number of carboxylic acids is 1. The maximum absolute atomic E-state index is 12.2. The number of aromatic carboxylic acids is 1. The van der Waals surface area contributed by atoms with Gasteiger partial charge in [0, 0.05) is 24.0 Å². The molecule has 2 N–H and O–H groups in total. The summed E-state index contributed by atoms with van der Waals surface area (Å²) >= 11 is 0. The first-order valence-corrected chi connectivity index (χ1v) is 11.7. The predicted molar refractivity (Wildman–Crippen MR) is 127 cm³/mol. The van der Waals surface area contributed by atoms with Crippen molar-refractivity contribution >= 4 is 27.4 Å². The van der Waals surface area contributed by atoms with Crippen LogP contribution in [-0.2, 0) is 23.5 Å². The molecule has 0 fully saturated rings. The van der Waals surface area contributed by atoms with E-state index in [4.69, 9.17) is 6.57 Å². The molecule has 1 aromatic heterocycles. The van der Waals surface area contributed by atoms with Crippen molar-refractivity contribution in [2.45, 2.75) is 32.4 Å². The number of carbonyl (C=O) groups is 1. The lowest BCUT2D eigenvalue weighted by atomic mass is 9.99. The molecule has 0 spiro atoms. The molecular weight excluding hydrogens is 426 g/mol. The van der Waals surface area contributed by atoms with Gasteiger partial charge in [0.25, 0.3) is 0 Å². The standard InChI is InChI=1S/C24H25N3O4S/c1-6-20-22(25-4)21(23(24(28)29)27(20)5)17-12-10-16(11-13-17)18-8-7-9-19(14-18)26-32(30,31)15(2)3/h7-15,26H,6H2,1-3,5H3,(H,28,29). The number of anilines is 1. The SMILES string of the molecule is [C-]#[N+]c1c(-c2ccc(-c3cccc(NS(=O)(=O)C(C)C)c3)cc2)c(C(=O)O)n(C)c1CC. The molecule has 0 amide bonds. The zero-order chi connectivity index (χ0) is 23.6. The van der Waals surface area contributed by atoms with E-state index in [-0.39, 0.29) is 5.69 Å². The molecule has 8 heteroatoms. The molecule has 0 unspecified atom stereocenters. The number of sulfonamides is 1. The van der Waals surface area contributed by atoms with E-state index in [9.17, 15) is 18.3 Å². The summed E-state index contributed by atoms with van der Waals surface area (Å²) in [5.74, 6) is -1.08. The average molecular weight is 452 g/mol. The fourth-order valence-corrected chi connectivity index (χ4v) is 4.33. The first-order chi connectivity index (χ1) is 15.1. The lowest BCUT2D eigenvalue weighted by Crippen LogP contribution is -2.22. The summed E-state index contributed by atoms with van der Waals surface area (Å²) in [4.78, 5) is 15.5. The first kappa shape index (κ1) is 23.1. The molecule has 0 aliphatic rings. The number of hydrogen-bond acceptors (Lipinski definition) is 3. The van der Waals surface area contributed by atoms with Crippen LogP contribution in [0, 0.1) is 6.57 Å². The van der Waals surface area contributed by atoms with Crippen molar-refractivity contribution in [3.05, 3.63) is 71.3 Å². The van der Waals surface area contributed by atoms with Crippen LogP contribution in [0.25, 0.3) is 27.1 Å². The second-order valence-corrected chi connectivity index (χ2v) is 9.94. The van der Waals surface area contributed by atoms with E-state index in [1.807, 2.05) is 25.1 Å². The first-order valence-electron chi connectivity index (χ1n) is 10.2. The summed E-state index contributed by atoms with van der Waals surface area (Å²) in [6.45, 7) is 12.7. The summed E-state index contributed by atoms with van der Waals surface area (Å²) in [7, 11) is -1.79. The Morgan fingerprint density at radius 3 is 2.28 bits per heavy atom. The Morgan fingerprint density at radius 1 is 1.12 bits per heavy atom. The molecule has 3 aromatic rings. The van der Waals surface area contributed by atoms with E-state index in [2.05, 4.69) is 9.57 Å². The maximum atomic E-state index is 12.2. The summed E-state index contributed by atoms with van der Waals surface area (Å²) in [5, 5.41) is 9.20. The van der Waals surface area contributed by atoms with Gasteiger partial charge in [0.05, 0.1) is 11.8 Å². The van der Waals surface area contributed by atoms with Crippen LogP contribution in [-0.4, -0.2) is 29.3 Å². The van der Waals surface area contributed by atoms with Crippen molar-refractivity contribution in [3.63, 3.8) is 0 Å². The lowest BCUT2D eigenvalue weighted by molar-refractivity contribution is 0.0687. The van der Waals surface area contributed by atoms with Crippen LogP contribution in [0.4, 0.5) is 11.4 Å². The van der Waals surface area contributed by atoms with Crippen molar-refractivity contribution in [2.75, 3.05) is 4.72 Å². The van der Waals surface area contributed by atoms with Gasteiger partial charge in [-0.05, 0) is 49.1 Å². The third kappa shape index (κ3) is 4.25. The van der Waals surface area contributed by atoms with E-state index >= 15 is 0 Å². The highest BCUT2D eigenvalue weighted by molar-refractivity contribution is 7.93. The van der Waals surface area contributed by atoms with Crippen LogP contribution >= 0.6 is 0 Å². The number of hydrogen-bond donors (Lipinski definition) is 2. The molecule has 166 valence electrons.